The maximum atomic E-state index is 4.56. The lowest BCUT2D eigenvalue weighted by molar-refractivity contribution is 0.276. The molecule has 0 radical (unpaired) electrons. The number of hydrogen-bond acceptors (Lipinski definition) is 4. The number of thiazole rings is 1. The molecule has 4 heteroatoms. The Hall–Kier alpha value is -0.450. The van der Waals surface area contributed by atoms with Gasteiger partial charge >= 0.3 is 0 Å². The van der Waals surface area contributed by atoms with Gasteiger partial charge in [0.25, 0.3) is 0 Å². The van der Waals surface area contributed by atoms with Crippen molar-refractivity contribution in [3.05, 3.63) is 16.1 Å². The van der Waals surface area contributed by atoms with Crippen molar-refractivity contribution in [2.45, 2.75) is 52.1 Å². The van der Waals surface area contributed by atoms with E-state index < -0.39 is 0 Å². The average Bonchev–Trinajstić information content (AvgIpc) is 2.65. The summed E-state index contributed by atoms with van der Waals surface area (Å²) in [6.07, 6.45) is 8.76. The predicted octanol–water partition coefficient (Wildman–Crippen LogP) is 3.02. The number of rotatable bonds is 6. The van der Waals surface area contributed by atoms with Gasteiger partial charge in [0.1, 0.15) is 5.01 Å². The molecule has 0 amide bonds. The highest BCUT2D eigenvalue weighted by atomic mass is 32.1. The molecule has 0 aromatic carbocycles. The van der Waals surface area contributed by atoms with Crippen LogP contribution in [0.5, 0.6) is 0 Å². The minimum absolute atomic E-state index is 0.978. The van der Waals surface area contributed by atoms with Gasteiger partial charge in [-0.15, -0.1) is 11.3 Å². The van der Waals surface area contributed by atoms with Crippen LogP contribution in [0.4, 0.5) is 0 Å². The molecule has 1 aliphatic rings. The molecule has 102 valence electrons. The molecule has 1 saturated heterocycles. The fraction of sp³-hybridized carbons (Fsp3) is 0.786. The van der Waals surface area contributed by atoms with Gasteiger partial charge in [-0.25, -0.2) is 4.98 Å². The van der Waals surface area contributed by atoms with E-state index in [4.69, 9.17) is 0 Å². The molecule has 3 nitrogen and oxygen atoms in total. The van der Waals surface area contributed by atoms with E-state index in [1.54, 1.807) is 0 Å². The van der Waals surface area contributed by atoms with Crippen LogP contribution in [0.1, 0.15) is 48.9 Å². The van der Waals surface area contributed by atoms with Gasteiger partial charge in [0.05, 0.1) is 6.54 Å². The Morgan fingerprint density at radius 1 is 1.28 bits per heavy atom. The zero-order chi connectivity index (χ0) is 12.6. The second-order valence-electron chi connectivity index (χ2n) is 5.09. The van der Waals surface area contributed by atoms with Crippen LogP contribution in [0.3, 0.4) is 0 Å². The number of nitrogens with zero attached hydrogens (tertiary/aromatic N) is 2. The van der Waals surface area contributed by atoms with E-state index in [0.29, 0.717) is 0 Å². The molecule has 2 rings (SSSR count). The first-order valence-electron chi connectivity index (χ1n) is 7.25. The zero-order valence-corrected chi connectivity index (χ0v) is 12.3. The summed E-state index contributed by atoms with van der Waals surface area (Å²) in [5.41, 5.74) is 0. The topological polar surface area (TPSA) is 28.2 Å². The normalized spacial score (nSPS) is 17.8. The average molecular weight is 267 g/mol. The Morgan fingerprint density at radius 3 is 2.78 bits per heavy atom. The molecule has 0 atom stereocenters. The summed E-state index contributed by atoms with van der Waals surface area (Å²) in [7, 11) is 0. The predicted molar refractivity (Wildman–Crippen MR) is 77.9 cm³/mol. The van der Waals surface area contributed by atoms with Gasteiger partial charge in [-0.2, -0.15) is 0 Å². The molecule has 0 saturated carbocycles. The number of aromatic nitrogens is 1. The van der Waals surface area contributed by atoms with E-state index in [2.05, 4.69) is 22.1 Å². The highest BCUT2D eigenvalue weighted by molar-refractivity contribution is 7.11. The highest BCUT2D eigenvalue weighted by Crippen LogP contribution is 2.17. The Morgan fingerprint density at radius 2 is 2.06 bits per heavy atom. The van der Waals surface area contributed by atoms with Crippen LogP contribution in [0.25, 0.3) is 0 Å². The smallest absolute Gasteiger partial charge is 0.107 e. The summed E-state index contributed by atoms with van der Waals surface area (Å²) in [5.74, 6) is 0. The number of nitrogens with one attached hydrogen (secondary N) is 1. The van der Waals surface area contributed by atoms with Crippen molar-refractivity contribution in [2.75, 3.05) is 19.6 Å². The first kappa shape index (κ1) is 14.0. The van der Waals surface area contributed by atoms with E-state index in [1.165, 1.54) is 55.1 Å². The largest absolute Gasteiger partial charge is 0.312 e. The van der Waals surface area contributed by atoms with Crippen molar-refractivity contribution < 1.29 is 0 Å². The Bertz CT molecular complexity index is 330. The molecular formula is C14H25N3S. The van der Waals surface area contributed by atoms with Crippen LogP contribution in [0.2, 0.25) is 0 Å². The van der Waals surface area contributed by atoms with Crippen molar-refractivity contribution in [1.82, 2.24) is 15.2 Å². The molecule has 0 spiro atoms. The van der Waals surface area contributed by atoms with Gasteiger partial charge in [0, 0.05) is 17.6 Å². The molecule has 0 unspecified atom stereocenters. The number of likely N-dealkylation sites (tertiary alicyclic amines) is 1. The van der Waals surface area contributed by atoms with E-state index in [1.807, 2.05) is 17.5 Å². The van der Waals surface area contributed by atoms with Crippen molar-refractivity contribution >= 4 is 11.3 Å². The standard InChI is InChI=1S/C14H25N3S/c1-2-7-15-10-13-11-16-14(18-13)12-17-8-5-3-4-6-9-17/h11,15H,2-10,12H2,1H3. The second kappa shape index (κ2) is 7.87. The molecule has 1 aliphatic heterocycles. The summed E-state index contributed by atoms with van der Waals surface area (Å²) < 4.78 is 0. The molecule has 0 aliphatic carbocycles. The summed E-state index contributed by atoms with van der Waals surface area (Å²) in [5, 5.41) is 4.72. The van der Waals surface area contributed by atoms with Gasteiger partial charge in [0.2, 0.25) is 0 Å². The summed E-state index contributed by atoms with van der Waals surface area (Å²) in [4.78, 5) is 8.49. The summed E-state index contributed by atoms with van der Waals surface area (Å²) in [6.45, 7) is 7.83. The highest BCUT2D eigenvalue weighted by Gasteiger charge is 2.11. The molecule has 2 heterocycles. The Labute approximate surface area is 115 Å². The Kier molecular flexibility index (Phi) is 6.11. The summed E-state index contributed by atoms with van der Waals surface area (Å²) >= 11 is 1.87. The minimum atomic E-state index is 0.978. The van der Waals surface area contributed by atoms with Crippen molar-refractivity contribution in [2.24, 2.45) is 0 Å². The molecule has 1 N–H and O–H groups in total. The van der Waals surface area contributed by atoms with E-state index in [-0.39, 0.29) is 0 Å². The third kappa shape index (κ3) is 4.67. The third-order valence-corrected chi connectivity index (χ3v) is 4.37. The van der Waals surface area contributed by atoms with Crippen LogP contribution in [0, 0.1) is 0 Å². The van der Waals surface area contributed by atoms with Crippen LogP contribution < -0.4 is 5.32 Å². The molecule has 18 heavy (non-hydrogen) atoms. The first-order chi connectivity index (χ1) is 8.88. The zero-order valence-electron chi connectivity index (χ0n) is 11.5. The summed E-state index contributed by atoms with van der Waals surface area (Å²) in [6, 6.07) is 0. The van der Waals surface area contributed by atoms with Crippen LogP contribution in [0.15, 0.2) is 6.20 Å². The molecule has 0 bridgehead atoms. The number of hydrogen-bond donors (Lipinski definition) is 1. The van der Waals surface area contributed by atoms with Crippen LogP contribution in [-0.4, -0.2) is 29.5 Å². The van der Waals surface area contributed by atoms with Crippen molar-refractivity contribution in [3.63, 3.8) is 0 Å². The van der Waals surface area contributed by atoms with Gasteiger partial charge in [-0.3, -0.25) is 4.90 Å². The SMILES string of the molecule is CCCNCc1cnc(CN2CCCCCC2)s1. The van der Waals surface area contributed by atoms with Gasteiger partial charge in [0.15, 0.2) is 0 Å². The fourth-order valence-electron chi connectivity index (χ4n) is 2.38. The Balaban J connectivity index is 1.78. The quantitative estimate of drug-likeness (QED) is 0.803. The van der Waals surface area contributed by atoms with Gasteiger partial charge in [-0.1, -0.05) is 19.8 Å². The molecule has 1 aromatic rings. The lowest BCUT2D eigenvalue weighted by Gasteiger charge is -2.17. The monoisotopic (exact) mass is 267 g/mol. The van der Waals surface area contributed by atoms with E-state index >= 15 is 0 Å². The van der Waals surface area contributed by atoms with E-state index in [9.17, 15) is 0 Å². The first-order valence-corrected chi connectivity index (χ1v) is 8.07. The maximum Gasteiger partial charge on any atom is 0.107 e. The fourth-order valence-corrected chi connectivity index (χ4v) is 3.31. The van der Waals surface area contributed by atoms with Gasteiger partial charge < -0.3 is 5.32 Å². The van der Waals surface area contributed by atoms with Gasteiger partial charge in [-0.05, 0) is 38.9 Å². The van der Waals surface area contributed by atoms with Crippen molar-refractivity contribution in [1.29, 1.82) is 0 Å². The molecule has 1 aromatic heterocycles. The maximum absolute atomic E-state index is 4.56. The van der Waals surface area contributed by atoms with Crippen LogP contribution >= 0.6 is 11.3 Å². The second-order valence-corrected chi connectivity index (χ2v) is 6.29. The van der Waals surface area contributed by atoms with Crippen LogP contribution in [-0.2, 0) is 13.1 Å². The lowest BCUT2D eigenvalue weighted by Crippen LogP contribution is -2.23. The molecule has 1 fully saturated rings. The lowest BCUT2D eigenvalue weighted by atomic mass is 10.2. The molecular weight excluding hydrogens is 242 g/mol. The minimum Gasteiger partial charge on any atom is -0.312 e. The van der Waals surface area contributed by atoms with E-state index in [0.717, 1.165) is 19.6 Å². The van der Waals surface area contributed by atoms with Crippen molar-refractivity contribution in [3.8, 4) is 0 Å². The third-order valence-electron chi connectivity index (χ3n) is 3.38.